The van der Waals surface area contributed by atoms with Gasteiger partial charge in [0, 0.05) is 71.7 Å². The van der Waals surface area contributed by atoms with Gasteiger partial charge in [-0.05, 0) is 62.8 Å². The number of anilines is 2. The maximum absolute atomic E-state index is 11.0. The molecule has 1 saturated heterocycles. The average Bonchev–Trinajstić information content (AvgIpc) is 3.61. The first kappa shape index (κ1) is 24.2. The van der Waals surface area contributed by atoms with Crippen molar-refractivity contribution in [1.82, 2.24) is 25.2 Å². The van der Waals surface area contributed by atoms with Crippen LogP contribution in [0.2, 0.25) is 5.02 Å². The molecule has 8 heteroatoms. The van der Waals surface area contributed by atoms with Crippen LogP contribution in [0.25, 0.3) is 22.2 Å². The van der Waals surface area contributed by atoms with Gasteiger partial charge < -0.3 is 20.7 Å². The number of aryl methyl sites for hydroxylation is 1. The molecule has 1 aliphatic carbocycles. The quantitative estimate of drug-likeness (QED) is 0.248. The van der Waals surface area contributed by atoms with Crippen LogP contribution in [0, 0.1) is 6.92 Å². The number of phenols is 1. The minimum absolute atomic E-state index is 0.298. The Morgan fingerprint density at radius 2 is 1.92 bits per heavy atom. The summed E-state index contributed by atoms with van der Waals surface area (Å²) in [7, 11) is 0. The zero-order valence-corrected chi connectivity index (χ0v) is 22.2. The number of rotatable bonds is 6. The Hall–Kier alpha value is -3.13. The molecule has 2 aromatic carbocycles. The standard InChI is InChI=1S/C29H33ClN6O/c1-16-4-7-21-23(11-31-25(21)8-16)28-24(30)12-32-29(35-28)34-26-10-27(37)20(9-22(26)19-5-6-19)15-36-13-17(2)33-18(3)14-36/h4,7-12,17-19,31,33,37H,5-6,13-15H2,1-3H3,(H,32,34,35)/t17-,18+. The predicted octanol–water partition coefficient (Wildman–Crippen LogP) is 6.10. The SMILES string of the molecule is Cc1ccc2c(-c3nc(Nc4cc(O)c(CN5C[C@@H](C)N[C@@H](C)C5)cc4C4CC4)ncc3Cl)c[nH]c2c1. The number of hydrogen-bond acceptors (Lipinski definition) is 6. The van der Waals surface area contributed by atoms with E-state index in [0.29, 0.717) is 40.4 Å². The van der Waals surface area contributed by atoms with Gasteiger partial charge in [0.05, 0.1) is 16.9 Å². The van der Waals surface area contributed by atoms with Crippen LogP contribution in [0.5, 0.6) is 5.75 Å². The molecule has 6 rings (SSSR count). The average molecular weight is 517 g/mol. The number of halogens is 1. The number of phenolic OH excluding ortho intramolecular Hbond substituents is 1. The summed E-state index contributed by atoms with van der Waals surface area (Å²) in [4.78, 5) is 15.0. The second kappa shape index (κ2) is 9.63. The van der Waals surface area contributed by atoms with Gasteiger partial charge in [0.2, 0.25) is 5.95 Å². The number of nitrogens with one attached hydrogen (secondary N) is 3. The summed E-state index contributed by atoms with van der Waals surface area (Å²) in [5, 5.41) is 19.5. The molecule has 0 amide bonds. The molecule has 7 nitrogen and oxygen atoms in total. The molecule has 192 valence electrons. The van der Waals surface area contributed by atoms with E-state index in [-0.39, 0.29) is 0 Å². The first-order valence-electron chi connectivity index (χ1n) is 13.1. The summed E-state index contributed by atoms with van der Waals surface area (Å²) in [6.07, 6.45) is 5.89. The number of H-pyrrole nitrogens is 1. The van der Waals surface area contributed by atoms with E-state index in [2.05, 4.69) is 70.5 Å². The summed E-state index contributed by atoms with van der Waals surface area (Å²) in [6.45, 7) is 9.17. The van der Waals surface area contributed by atoms with E-state index in [4.69, 9.17) is 16.6 Å². The highest BCUT2D eigenvalue weighted by Crippen LogP contribution is 2.46. The van der Waals surface area contributed by atoms with Gasteiger partial charge in [0.25, 0.3) is 0 Å². The minimum Gasteiger partial charge on any atom is -0.508 e. The van der Waals surface area contributed by atoms with Gasteiger partial charge in [-0.25, -0.2) is 9.97 Å². The van der Waals surface area contributed by atoms with Crippen molar-refractivity contribution in [3.63, 3.8) is 0 Å². The fourth-order valence-electron chi connectivity index (χ4n) is 5.60. The third kappa shape index (κ3) is 5.04. The Morgan fingerprint density at radius 3 is 2.68 bits per heavy atom. The summed E-state index contributed by atoms with van der Waals surface area (Å²) < 4.78 is 0. The van der Waals surface area contributed by atoms with E-state index in [1.165, 1.54) is 11.1 Å². The van der Waals surface area contributed by atoms with Gasteiger partial charge in [0.15, 0.2) is 0 Å². The van der Waals surface area contributed by atoms with Crippen molar-refractivity contribution in [2.45, 2.75) is 58.2 Å². The van der Waals surface area contributed by atoms with E-state index >= 15 is 0 Å². The smallest absolute Gasteiger partial charge is 0.227 e. The molecular weight excluding hydrogens is 484 g/mol. The maximum atomic E-state index is 11.0. The van der Waals surface area contributed by atoms with Crippen molar-refractivity contribution in [3.8, 4) is 17.0 Å². The molecule has 2 aromatic heterocycles. The number of aromatic nitrogens is 3. The van der Waals surface area contributed by atoms with E-state index in [9.17, 15) is 5.11 Å². The summed E-state index contributed by atoms with van der Waals surface area (Å²) >= 11 is 6.56. The molecule has 0 unspecified atom stereocenters. The number of aromatic hydroxyl groups is 1. The summed E-state index contributed by atoms with van der Waals surface area (Å²) in [5.41, 5.74) is 6.88. The van der Waals surface area contributed by atoms with Gasteiger partial charge >= 0.3 is 0 Å². The number of piperazine rings is 1. The molecule has 2 aliphatic rings. The zero-order valence-electron chi connectivity index (χ0n) is 21.5. The summed E-state index contributed by atoms with van der Waals surface area (Å²) in [6, 6.07) is 11.2. The Balaban J connectivity index is 1.30. The second-order valence-corrected chi connectivity index (χ2v) is 11.2. The maximum Gasteiger partial charge on any atom is 0.227 e. The van der Waals surface area contributed by atoms with Crippen LogP contribution in [0.15, 0.2) is 42.7 Å². The highest BCUT2D eigenvalue weighted by Gasteiger charge is 2.29. The fraction of sp³-hybridized carbons (Fsp3) is 0.379. The van der Waals surface area contributed by atoms with Crippen molar-refractivity contribution < 1.29 is 5.11 Å². The summed E-state index contributed by atoms with van der Waals surface area (Å²) in [5.74, 6) is 1.25. The molecule has 4 N–H and O–H groups in total. The highest BCUT2D eigenvalue weighted by molar-refractivity contribution is 6.33. The van der Waals surface area contributed by atoms with Crippen LogP contribution in [-0.4, -0.2) is 50.1 Å². The van der Waals surface area contributed by atoms with Crippen LogP contribution in [0.4, 0.5) is 11.6 Å². The number of benzene rings is 2. The molecule has 37 heavy (non-hydrogen) atoms. The molecule has 1 saturated carbocycles. The lowest BCUT2D eigenvalue weighted by Crippen LogP contribution is -2.53. The van der Waals surface area contributed by atoms with Crippen LogP contribution >= 0.6 is 11.6 Å². The van der Waals surface area contributed by atoms with E-state index in [0.717, 1.165) is 60.2 Å². The van der Waals surface area contributed by atoms with Crippen molar-refractivity contribution in [1.29, 1.82) is 0 Å². The van der Waals surface area contributed by atoms with Crippen LogP contribution in [0.3, 0.4) is 0 Å². The Morgan fingerprint density at radius 1 is 1.14 bits per heavy atom. The lowest BCUT2D eigenvalue weighted by atomic mass is 10.0. The number of nitrogens with zero attached hydrogens (tertiary/aromatic N) is 3. The second-order valence-electron chi connectivity index (χ2n) is 10.8. The van der Waals surface area contributed by atoms with Crippen LogP contribution in [0.1, 0.15) is 49.3 Å². The lowest BCUT2D eigenvalue weighted by Gasteiger charge is -2.36. The van der Waals surface area contributed by atoms with E-state index in [1.807, 2.05) is 12.3 Å². The molecule has 0 bridgehead atoms. The van der Waals surface area contributed by atoms with E-state index in [1.54, 1.807) is 6.20 Å². The lowest BCUT2D eigenvalue weighted by molar-refractivity contribution is 0.165. The molecule has 0 spiro atoms. The largest absolute Gasteiger partial charge is 0.508 e. The normalized spacial score (nSPS) is 20.4. The van der Waals surface area contributed by atoms with Gasteiger partial charge in [-0.3, -0.25) is 4.90 Å². The first-order valence-corrected chi connectivity index (χ1v) is 13.4. The fourth-order valence-corrected chi connectivity index (χ4v) is 5.79. The molecule has 1 aliphatic heterocycles. The Bertz CT molecular complexity index is 1450. The molecule has 4 aromatic rings. The minimum atomic E-state index is 0.298. The predicted molar refractivity (Wildman–Crippen MR) is 150 cm³/mol. The molecule has 3 heterocycles. The number of aromatic amines is 1. The topological polar surface area (TPSA) is 89.1 Å². The molecule has 2 atom stereocenters. The third-order valence-electron chi connectivity index (χ3n) is 7.38. The first-order chi connectivity index (χ1) is 17.8. The van der Waals surface area contributed by atoms with Crippen molar-refractivity contribution in [2.24, 2.45) is 0 Å². The monoisotopic (exact) mass is 516 g/mol. The third-order valence-corrected chi connectivity index (χ3v) is 7.65. The molecular formula is C29H33ClN6O. The molecule has 2 fully saturated rings. The van der Waals surface area contributed by atoms with Crippen molar-refractivity contribution >= 4 is 34.1 Å². The van der Waals surface area contributed by atoms with Crippen LogP contribution in [-0.2, 0) is 6.54 Å². The Labute approximate surface area is 222 Å². The van der Waals surface area contributed by atoms with Gasteiger partial charge in [-0.2, -0.15) is 0 Å². The Kier molecular flexibility index (Phi) is 6.31. The van der Waals surface area contributed by atoms with Crippen molar-refractivity contribution in [3.05, 3.63) is 64.4 Å². The van der Waals surface area contributed by atoms with Gasteiger partial charge in [0.1, 0.15) is 5.75 Å². The van der Waals surface area contributed by atoms with Crippen LogP contribution < -0.4 is 10.6 Å². The van der Waals surface area contributed by atoms with Crippen molar-refractivity contribution in [2.75, 3.05) is 18.4 Å². The zero-order chi connectivity index (χ0) is 25.7. The number of hydrogen-bond donors (Lipinski definition) is 4. The van der Waals surface area contributed by atoms with Gasteiger partial charge in [-0.15, -0.1) is 0 Å². The number of fused-ring (bicyclic) bond motifs is 1. The van der Waals surface area contributed by atoms with Gasteiger partial charge in [-0.1, -0.05) is 23.7 Å². The van der Waals surface area contributed by atoms with E-state index < -0.39 is 0 Å². The highest BCUT2D eigenvalue weighted by atomic mass is 35.5. The molecule has 0 radical (unpaired) electrons.